The summed E-state index contributed by atoms with van der Waals surface area (Å²) in [4.78, 5) is 2.11. The van der Waals surface area contributed by atoms with Crippen LogP contribution in [0, 0.1) is 13.8 Å². The highest BCUT2D eigenvalue weighted by Crippen LogP contribution is 2.19. The quantitative estimate of drug-likeness (QED) is 0.855. The van der Waals surface area contributed by atoms with E-state index >= 15 is 0 Å². The first-order valence-electron chi connectivity index (χ1n) is 6.84. The van der Waals surface area contributed by atoms with Crippen molar-refractivity contribution in [3.8, 4) is 5.69 Å². The molecule has 0 aliphatic carbocycles. The predicted octanol–water partition coefficient (Wildman–Crippen LogP) is 1.09. The minimum absolute atomic E-state index is 0.138. The number of aliphatic hydroxyl groups excluding tert-OH is 1. The third kappa shape index (κ3) is 3.02. The van der Waals surface area contributed by atoms with E-state index in [9.17, 15) is 0 Å². The number of hydrogen-bond acceptors (Lipinski definition) is 5. The van der Waals surface area contributed by atoms with Crippen LogP contribution in [0.25, 0.3) is 5.69 Å². The molecule has 0 bridgehead atoms. The molecule has 20 heavy (non-hydrogen) atoms. The maximum atomic E-state index is 9.07. The van der Waals surface area contributed by atoms with Crippen molar-refractivity contribution in [1.29, 1.82) is 0 Å². The Morgan fingerprint density at radius 3 is 2.55 bits per heavy atom. The lowest BCUT2D eigenvalue weighted by atomic mass is 10.1. The zero-order valence-corrected chi connectivity index (χ0v) is 12.2. The molecule has 0 aliphatic rings. The van der Waals surface area contributed by atoms with Crippen LogP contribution in [0.5, 0.6) is 0 Å². The Bertz CT molecular complexity index is 546. The first kappa shape index (κ1) is 14.6. The predicted molar refractivity (Wildman–Crippen MR) is 76.7 cm³/mol. The van der Waals surface area contributed by atoms with Crippen molar-refractivity contribution in [3.63, 3.8) is 0 Å². The number of aliphatic hydroxyl groups is 1. The Morgan fingerprint density at radius 2 is 1.95 bits per heavy atom. The highest BCUT2D eigenvalue weighted by Gasteiger charge is 2.14. The molecule has 0 fully saturated rings. The molecule has 0 saturated heterocycles. The van der Waals surface area contributed by atoms with Gasteiger partial charge in [0.2, 0.25) is 0 Å². The number of likely N-dealkylation sites (N-methyl/N-ethyl adjacent to an activating group) is 1. The van der Waals surface area contributed by atoms with Crippen LogP contribution in [0.4, 0.5) is 0 Å². The molecular weight excluding hydrogens is 254 g/mol. The Hall–Kier alpha value is -1.79. The number of aromatic nitrogens is 4. The second-order valence-corrected chi connectivity index (χ2v) is 4.84. The smallest absolute Gasteiger partial charge is 0.170 e. The summed E-state index contributed by atoms with van der Waals surface area (Å²) in [6.07, 6.45) is 0. The van der Waals surface area contributed by atoms with Gasteiger partial charge < -0.3 is 5.11 Å². The fourth-order valence-electron chi connectivity index (χ4n) is 2.31. The van der Waals surface area contributed by atoms with Gasteiger partial charge >= 0.3 is 0 Å². The lowest BCUT2D eigenvalue weighted by Gasteiger charge is -2.19. The molecule has 0 unspecified atom stereocenters. The molecule has 1 heterocycles. The van der Waals surface area contributed by atoms with Crippen molar-refractivity contribution in [3.05, 3.63) is 35.2 Å². The highest BCUT2D eigenvalue weighted by molar-refractivity contribution is 5.46. The van der Waals surface area contributed by atoms with Gasteiger partial charge in [-0.1, -0.05) is 25.1 Å². The normalized spacial score (nSPS) is 11.2. The summed E-state index contributed by atoms with van der Waals surface area (Å²) in [7, 11) is 0. The van der Waals surface area contributed by atoms with Crippen LogP contribution < -0.4 is 0 Å². The second kappa shape index (κ2) is 6.58. The third-order valence-electron chi connectivity index (χ3n) is 3.41. The van der Waals surface area contributed by atoms with Crippen molar-refractivity contribution in [2.45, 2.75) is 27.3 Å². The number of nitrogens with zero attached hydrogens (tertiary/aromatic N) is 5. The molecule has 0 atom stereocenters. The van der Waals surface area contributed by atoms with Crippen molar-refractivity contribution in [2.24, 2.45) is 0 Å². The summed E-state index contributed by atoms with van der Waals surface area (Å²) in [6.45, 7) is 8.40. The van der Waals surface area contributed by atoms with Gasteiger partial charge in [0.15, 0.2) is 5.82 Å². The van der Waals surface area contributed by atoms with E-state index in [1.807, 2.05) is 6.07 Å². The van der Waals surface area contributed by atoms with Gasteiger partial charge in [-0.3, -0.25) is 4.90 Å². The molecule has 0 spiro atoms. The van der Waals surface area contributed by atoms with Gasteiger partial charge in [-0.2, -0.15) is 4.68 Å². The summed E-state index contributed by atoms with van der Waals surface area (Å²) >= 11 is 0. The minimum atomic E-state index is 0.138. The van der Waals surface area contributed by atoms with E-state index < -0.39 is 0 Å². The van der Waals surface area contributed by atoms with Crippen LogP contribution in [0.15, 0.2) is 18.2 Å². The number of hydrogen-bond donors (Lipinski definition) is 1. The maximum absolute atomic E-state index is 9.07. The van der Waals surface area contributed by atoms with E-state index in [1.165, 1.54) is 0 Å². The number of benzene rings is 1. The van der Waals surface area contributed by atoms with E-state index in [0.717, 1.165) is 29.2 Å². The van der Waals surface area contributed by atoms with Crippen molar-refractivity contribution >= 4 is 0 Å². The van der Waals surface area contributed by atoms with Crippen LogP contribution in [0.3, 0.4) is 0 Å². The summed E-state index contributed by atoms with van der Waals surface area (Å²) in [5.41, 5.74) is 3.32. The molecule has 1 aromatic heterocycles. The fourth-order valence-corrected chi connectivity index (χ4v) is 2.31. The lowest BCUT2D eigenvalue weighted by Crippen LogP contribution is -2.27. The number of aryl methyl sites for hydroxylation is 2. The molecule has 6 nitrogen and oxygen atoms in total. The SMILES string of the molecule is CCN(CCO)Cc1nnnn1-c1c(C)cccc1C. The molecule has 6 heteroatoms. The van der Waals surface area contributed by atoms with Gasteiger partial charge in [-0.15, -0.1) is 5.10 Å². The summed E-state index contributed by atoms with van der Waals surface area (Å²) in [6, 6.07) is 6.14. The molecule has 1 N–H and O–H groups in total. The second-order valence-electron chi connectivity index (χ2n) is 4.84. The van der Waals surface area contributed by atoms with Crippen LogP contribution >= 0.6 is 0 Å². The average Bonchev–Trinajstić information content (AvgIpc) is 2.86. The molecule has 0 radical (unpaired) electrons. The molecule has 0 amide bonds. The van der Waals surface area contributed by atoms with Gasteiger partial charge in [0.05, 0.1) is 18.8 Å². The van der Waals surface area contributed by atoms with E-state index in [2.05, 4.69) is 53.3 Å². The third-order valence-corrected chi connectivity index (χ3v) is 3.41. The van der Waals surface area contributed by atoms with Crippen molar-refractivity contribution in [1.82, 2.24) is 25.1 Å². The van der Waals surface area contributed by atoms with Gasteiger partial charge in [0, 0.05) is 6.54 Å². The molecular formula is C14H21N5O. The first-order valence-corrected chi connectivity index (χ1v) is 6.84. The van der Waals surface area contributed by atoms with Gasteiger partial charge in [0.25, 0.3) is 0 Å². The summed E-state index contributed by atoms with van der Waals surface area (Å²) < 4.78 is 1.80. The molecule has 2 rings (SSSR count). The Balaban J connectivity index is 2.33. The highest BCUT2D eigenvalue weighted by atomic mass is 16.3. The van der Waals surface area contributed by atoms with Crippen LogP contribution in [-0.4, -0.2) is 49.9 Å². The zero-order chi connectivity index (χ0) is 14.5. The van der Waals surface area contributed by atoms with E-state index in [1.54, 1.807) is 4.68 Å². The summed E-state index contributed by atoms with van der Waals surface area (Å²) in [5.74, 6) is 0.790. The molecule has 108 valence electrons. The van der Waals surface area contributed by atoms with E-state index in [-0.39, 0.29) is 6.61 Å². The number of para-hydroxylation sites is 1. The molecule has 1 aromatic carbocycles. The topological polar surface area (TPSA) is 67.1 Å². The van der Waals surface area contributed by atoms with Crippen molar-refractivity contribution in [2.75, 3.05) is 19.7 Å². The number of rotatable bonds is 6. The maximum Gasteiger partial charge on any atom is 0.170 e. The number of tetrazole rings is 1. The van der Waals surface area contributed by atoms with Crippen molar-refractivity contribution < 1.29 is 5.11 Å². The lowest BCUT2D eigenvalue weighted by molar-refractivity contribution is 0.193. The molecule has 0 aliphatic heterocycles. The fraction of sp³-hybridized carbons (Fsp3) is 0.500. The van der Waals surface area contributed by atoms with Crippen LogP contribution in [0.2, 0.25) is 0 Å². The Kier molecular flexibility index (Phi) is 4.81. The Labute approximate surface area is 119 Å². The summed E-state index contributed by atoms with van der Waals surface area (Å²) in [5, 5.41) is 21.1. The monoisotopic (exact) mass is 275 g/mol. The molecule has 0 saturated carbocycles. The first-order chi connectivity index (χ1) is 9.67. The standard InChI is InChI=1S/C14H21N5O/c1-4-18(8-9-20)10-13-15-16-17-19(13)14-11(2)6-5-7-12(14)3/h5-7,20H,4,8-10H2,1-3H3. The largest absolute Gasteiger partial charge is 0.395 e. The van der Waals surface area contributed by atoms with Crippen LogP contribution in [0.1, 0.15) is 23.9 Å². The average molecular weight is 275 g/mol. The van der Waals surface area contributed by atoms with Gasteiger partial charge in [-0.25, -0.2) is 0 Å². The van der Waals surface area contributed by atoms with E-state index in [4.69, 9.17) is 5.11 Å². The van der Waals surface area contributed by atoms with Crippen LogP contribution in [-0.2, 0) is 6.54 Å². The minimum Gasteiger partial charge on any atom is -0.395 e. The zero-order valence-electron chi connectivity index (χ0n) is 12.2. The Morgan fingerprint density at radius 1 is 1.25 bits per heavy atom. The molecule has 2 aromatic rings. The van der Waals surface area contributed by atoms with E-state index in [0.29, 0.717) is 13.1 Å². The van der Waals surface area contributed by atoms with Gasteiger partial charge in [-0.05, 0) is 41.9 Å². The van der Waals surface area contributed by atoms with Gasteiger partial charge in [0.1, 0.15) is 0 Å².